The van der Waals surface area contributed by atoms with Crippen molar-refractivity contribution in [3.05, 3.63) is 45.5 Å². The molecule has 130 valence electrons. The highest BCUT2D eigenvalue weighted by Crippen LogP contribution is 2.26. The van der Waals surface area contributed by atoms with Gasteiger partial charge in [-0.3, -0.25) is 4.79 Å². The van der Waals surface area contributed by atoms with E-state index in [4.69, 9.17) is 0 Å². The van der Waals surface area contributed by atoms with Crippen LogP contribution in [0.25, 0.3) is 10.9 Å². The van der Waals surface area contributed by atoms with Gasteiger partial charge in [0.05, 0.1) is 17.5 Å². The molecule has 0 saturated heterocycles. The van der Waals surface area contributed by atoms with Crippen LogP contribution in [0, 0.1) is 17.5 Å². The Balaban J connectivity index is 2.95. The fourth-order valence-corrected chi connectivity index (χ4v) is 2.16. The number of fused-ring (bicyclic) bond motifs is 1. The first-order valence-electron chi connectivity index (χ1n) is 6.51. The Morgan fingerprint density at radius 3 is 2.33 bits per heavy atom. The van der Waals surface area contributed by atoms with Crippen LogP contribution in [-0.4, -0.2) is 23.3 Å². The first kappa shape index (κ1) is 17.8. The maximum absolute atomic E-state index is 14.0. The van der Waals surface area contributed by atoms with E-state index in [-0.39, 0.29) is 17.2 Å². The largest absolute Gasteiger partial charge is 0.461 e. The van der Waals surface area contributed by atoms with Crippen LogP contribution in [0.1, 0.15) is 17.4 Å². The smallest absolute Gasteiger partial charge is 0.406 e. The predicted molar refractivity (Wildman–Crippen MR) is 70.1 cm³/mol. The molecular formula is C14H9F6NO3. The number of esters is 1. The maximum atomic E-state index is 14.0. The van der Waals surface area contributed by atoms with Gasteiger partial charge in [0.15, 0.2) is 22.9 Å². The van der Waals surface area contributed by atoms with Crippen LogP contribution in [0.5, 0.6) is 0 Å². The molecule has 0 aliphatic carbocycles. The lowest BCUT2D eigenvalue weighted by atomic mass is 10.1. The third kappa shape index (κ3) is 3.22. The number of benzene rings is 1. The van der Waals surface area contributed by atoms with Crippen molar-refractivity contribution in [1.82, 2.24) is 4.57 Å². The van der Waals surface area contributed by atoms with Gasteiger partial charge in [0.2, 0.25) is 0 Å². The molecule has 10 heteroatoms. The van der Waals surface area contributed by atoms with Crippen LogP contribution >= 0.6 is 0 Å². The first-order valence-corrected chi connectivity index (χ1v) is 6.51. The molecule has 1 aromatic carbocycles. The minimum atomic E-state index is -4.93. The minimum Gasteiger partial charge on any atom is -0.461 e. The molecule has 0 bridgehead atoms. The molecule has 24 heavy (non-hydrogen) atoms. The van der Waals surface area contributed by atoms with Gasteiger partial charge in [-0.1, -0.05) is 0 Å². The molecule has 0 saturated carbocycles. The van der Waals surface area contributed by atoms with Crippen molar-refractivity contribution in [3.63, 3.8) is 0 Å². The van der Waals surface area contributed by atoms with Crippen LogP contribution in [0.2, 0.25) is 0 Å². The summed E-state index contributed by atoms with van der Waals surface area (Å²) in [5, 5.41) is -0.830. The zero-order valence-electron chi connectivity index (χ0n) is 12.0. The second-order valence-corrected chi connectivity index (χ2v) is 4.70. The molecule has 0 amide bonds. The molecule has 0 spiro atoms. The van der Waals surface area contributed by atoms with Crippen molar-refractivity contribution in [2.24, 2.45) is 0 Å². The fourth-order valence-electron chi connectivity index (χ4n) is 2.16. The van der Waals surface area contributed by atoms with E-state index in [1.807, 2.05) is 0 Å². The highest BCUT2D eigenvalue weighted by Gasteiger charge is 2.32. The Morgan fingerprint density at radius 1 is 1.17 bits per heavy atom. The lowest BCUT2D eigenvalue weighted by Crippen LogP contribution is -2.27. The molecule has 0 aliphatic heterocycles. The highest BCUT2D eigenvalue weighted by atomic mass is 19.4. The van der Waals surface area contributed by atoms with Gasteiger partial charge in [0.25, 0.3) is 0 Å². The Labute approximate surface area is 130 Å². The van der Waals surface area contributed by atoms with Crippen LogP contribution in [-0.2, 0) is 11.3 Å². The van der Waals surface area contributed by atoms with E-state index in [9.17, 15) is 35.9 Å². The first-order chi connectivity index (χ1) is 11.1. The number of pyridine rings is 1. The average Bonchev–Trinajstić information content (AvgIpc) is 2.46. The third-order valence-corrected chi connectivity index (χ3v) is 3.05. The van der Waals surface area contributed by atoms with E-state index >= 15 is 0 Å². The van der Waals surface area contributed by atoms with Gasteiger partial charge in [-0.15, -0.1) is 0 Å². The molecule has 1 aromatic heterocycles. The average molecular weight is 353 g/mol. The van der Waals surface area contributed by atoms with Crippen molar-refractivity contribution < 1.29 is 35.9 Å². The monoisotopic (exact) mass is 353 g/mol. The van der Waals surface area contributed by atoms with Crippen LogP contribution < -0.4 is 5.43 Å². The summed E-state index contributed by atoms with van der Waals surface area (Å²) in [4.78, 5) is 23.7. The normalized spacial score (nSPS) is 11.8. The fraction of sp³-hybridized carbons (Fsp3) is 0.286. The molecule has 2 aromatic rings. The molecule has 2 rings (SSSR count). The number of halogens is 6. The minimum absolute atomic E-state index is 0.0482. The predicted octanol–water partition coefficient (Wildman–Crippen LogP) is 3.16. The summed E-state index contributed by atoms with van der Waals surface area (Å²) in [5.41, 5.74) is -3.23. The SMILES string of the molecule is CCOC(=O)c1cc(=O)c2cc(F)c(F)c(F)c2n1CC(F)(F)F. The van der Waals surface area contributed by atoms with E-state index in [2.05, 4.69) is 4.74 Å². The van der Waals surface area contributed by atoms with E-state index in [0.717, 1.165) is 0 Å². The third-order valence-electron chi connectivity index (χ3n) is 3.05. The lowest BCUT2D eigenvalue weighted by molar-refractivity contribution is -0.140. The molecule has 0 unspecified atom stereocenters. The number of aromatic nitrogens is 1. The van der Waals surface area contributed by atoms with Gasteiger partial charge in [-0.05, 0) is 13.0 Å². The number of nitrogens with zero attached hydrogens (tertiary/aromatic N) is 1. The second-order valence-electron chi connectivity index (χ2n) is 4.70. The number of ether oxygens (including phenoxy) is 1. The van der Waals surface area contributed by atoms with Crippen molar-refractivity contribution >= 4 is 16.9 Å². The van der Waals surface area contributed by atoms with Gasteiger partial charge in [0.1, 0.15) is 12.2 Å². The van der Waals surface area contributed by atoms with Gasteiger partial charge in [-0.25, -0.2) is 18.0 Å². The maximum Gasteiger partial charge on any atom is 0.406 e. The number of rotatable bonds is 3. The summed E-state index contributed by atoms with van der Waals surface area (Å²) < 4.78 is 83.6. The molecule has 0 fully saturated rings. The van der Waals surface area contributed by atoms with Gasteiger partial charge >= 0.3 is 12.1 Å². The summed E-state index contributed by atoms with van der Waals surface area (Å²) in [5.74, 6) is -7.12. The molecule has 1 heterocycles. The summed E-state index contributed by atoms with van der Waals surface area (Å²) >= 11 is 0. The number of hydrogen-bond donors (Lipinski definition) is 0. The Hall–Kier alpha value is -2.52. The van der Waals surface area contributed by atoms with Crippen molar-refractivity contribution in [2.45, 2.75) is 19.6 Å². The number of hydrogen-bond acceptors (Lipinski definition) is 3. The van der Waals surface area contributed by atoms with Crippen molar-refractivity contribution in [1.29, 1.82) is 0 Å². The summed E-state index contributed by atoms with van der Waals surface area (Å²) in [7, 11) is 0. The molecule has 0 radical (unpaired) electrons. The molecular weight excluding hydrogens is 344 g/mol. The summed E-state index contributed by atoms with van der Waals surface area (Å²) in [6.45, 7) is -0.766. The lowest BCUT2D eigenvalue weighted by Gasteiger charge is -2.18. The summed E-state index contributed by atoms with van der Waals surface area (Å²) in [6.07, 6.45) is -4.93. The topological polar surface area (TPSA) is 48.3 Å². The molecule has 0 atom stereocenters. The standard InChI is InChI=1S/C14H9F6NO3/c1-2-24-13(23)8-4-9(22)6-3-7(15)10(16)11(17)12(6)21(8)5-14(18,19)20/h3-4H,2,5H2,1H3. The molecule has 0 N–H and O–H groups in total. The van der Waals surface area contributed by atoms with Gasteiger partial charge in [-0.2, -0.15) is 13.2 Å². The van der Waals surface area contributed by atoms with Crippen LogP contribution in [0.3, 0.4) is 0 Å². The van der Waals surface area contributed by atoms with E-state index < -0.39 is 58.2 Å². The Kier molecular flexibility index (Phi) is 4.59. The Morgan fingerprint density at radius 2 is 1.79 bits per heavy atom. The number of carbonyl (C=O) groups excluding carboxylic acids is 1. The van der Waals surface area contributed by atoms with Crippen LogP contribution in [0.4, 0.5) is 26.3 Å². The summed E-state index contributed by atoms with van der Waals surface area (Å²) in [6, 6.07) is 0.737. The van der Waals surface area contributed by atoms with E-state index in [1.165, 1.54) is 6.92 Å². The van der Waals surface area contributed by atoms with Gasteiger partial charge in [0, 0.05) is 6.07 Å². The number of carbonyl (C=O) groups is 1. The van der Waals surface area contributed by atoms with Gasteiger partial charge < -0.3 is 9.30 Å². The highest BCUT2D eigenvalue weighted by molar-refractivity contribution is 5.92. The zero-order chi connectivity index (χ0) is 18.2. The van der Waals surface area contributed by atoms with E-state index in [0.29, 0.717) is 6.07 Å². The van der Waals surface area contributed by atoms with Crippen molar-refractivity contribution in [3.8, 4) is 0 Å². The quantitative estimate of drug-likeness (QED) is 0.484. The zero-order valence-corrected chi connectivity index (χ0v) is 12.0. The number of alkyl halides is 3. The Bertz CT molecular complexity index is 872. The van der Waals surface area contributed by atoms with Crippen LogP contribution in [0.15, 0.2) is 16.9 Å². The van der Waals surface area contributed by atoms with E-state index in [1.54, 1.807) is 0 Å². The molecule has 4 nitrogen and oxygen atoms in total. The molecule has 0 aliphatic rings. The second kappa shape index (κ2) is 6.17. The van der Waals surface area contributed by atoms with Crippen molar-refractivity contribution in [2.75, 3.05) is 6.61 Å².